The van der Waals surface area contributed by atoms with Gasteiger partial charge < -0.3 is 20.5 Å². The molecule has 0 unspecified atom stereocenters. The van der Waals surface area contributed by atoms with E-state index in [0.29, 0.717) is 31.9 Å². The van der Waals surface area contributed by atoms with E-state index in [-0.39, 0.29) is 18.0 Å². The summed E-state index contributed by atoms with van der Waals surface area (Å²) in [6.07, 6.45) is 1.83. The van der Waals surface area contributed by atoms with Gasteiger partial charge in [0.1, 0.15) is 5.82 Å². The number of nitrogens with one attached hydrogen (secondary N) is 1. The van der Waals surface area contributed by atoms with Crippen molar-refractivity contribution >= 4 is 17.3 Å². The first kappa shape index (κ1) is 17.4. The smallest absolute Gasteiger partial charge is 0.224 e. The molecule has 0 saturated heterocycles. The summed E-state index contributed by atoms with van der Waals surface area (Å²) in [5, 5.41) is 2.50. The molecule has 1 aromatic rings. The molecular weight excluding hydrogens is 275 g/mol. The lowest BCUT2D eigenvalue weighted by molar-refractivity contribution is -0.116. The van der Waals surface area contributed by atoms with Gasteiger partial charge in [-0.05, 0) is 31.0 Å². The topological polar surface area (TPSA) is 73.6 Å². The van der Waals surface area contributed by atoms with E-state index in [1.165, 1.54) is 18.2 Å². The fourth-order valence-electron chi connectivity index (χ4n) is 1.65. The van der Waals surface area contributed by atoms with Crippen molar-refractivity contribution in [3.8, 4) is 0 Å². The second kappa shape index (κ2) is 10.1. The van der Waals surface area contributed by atoms with Gasteiger partial charge in [0.05, 0.1) is 18.9 Å². The fourth-order valence-corrected chi connectivity index (χ4v) is 1.65. The number of halogens is 1. The number of carbonyl (C=O) groups is 1. The van der Waals surface area contributed by atoms with Crippen molar-refractivity contribution < 1.29 is 18.7 Å². The predicted octanol–water partition coefficient (Wildman–Crippen LogP) is 2.57. The SMILES string of the molecule is CCCOCCOCCCC(=O)Nc1cc(N)ccc1F. The lowest BCUT2D eigenvalue weighted by Crippen LogP contribution is -2.14. The van der Waals surface area contributed by atoms with Crippen LogP contribution in [0.25, 0.3) is 0 Å². The van der Waals surface area contributed by atoms with Crippen molar-refractivity contribution in [2.75, 3.05) is 37.5 Å². The molecule has 1 amide bonds. The highest BCUT2D eigenvalue weighted by Crippen LogP contribution is 2.17. The van der Waals surface area contributed by atoms with Crippen LogP contribution in [0, 0.1) is 5.82 Å². The van der Waals surface area contributed by atoms with Crippen molar-refractivity contribution in [3.63, 3.8) is 0 Å². The average Bonchev–Trinajstić information content (AvgIpc) is 2.46. The maximum Gasteiger partial charge on any atom is 0.224 e. The molecular formula is C15H23FN2O3. The zero-order chi connectivity index (χ0) is 15.5. The van der Waals surface area contributed by atoms with Crippen LogP contribution in [0.2, 0.25) is 0 Å². The van der Waals surface area contributed by atoms with E-state index in [9.17, 15) is 9.18 Å². The third-order valence-corrected chi connectivity index (χ3v) is 2.68. The van der Waals surface area contributed by atoms with E-state index in [1.807, 2.05) is 6.92 Å². The number of nitrogens with two attached hydrogens (primary N) is 1. The number of anilines is 2. The average molecular weight is 298 g/mol. The Morgan fingerprint density at radius 1 is 1.24 bits per heavy atom. The monoisotopic (exact) mass is 298 g/mol. The molecule has 0 aromatic heterocycles. The molecule has 0 atom stereocenters. The molecule has 0 aliphatic carbocycles. The summed E-state index contributed by atoms with van der Waals surface area (Å²) in [5.41, 5.74) is 6.05. The van der Waals surface area contributed by atoms with E-state index < -0.39 is 5.82 Å². The number of hydrogen-bond donors (Lipinski definition) is 2. The standard InChI is InChI=1S/C15H23FN2O3/c1-2-7-20-9-10-21-8-3-4-15(19)18-14-11-12(17)5-6-13(14)16/h5-6,11H,2-4,7-10,17H2,1H3,(H,18,19). The Bertz CT molecular complexity index is 441. The van der Waals surface area contributed by atoms with Crippen LogP contribution in [0.5, 0.6) is 0 Å². The number of amides is 1. The number of benzene rings is 1. The van der Waals surface area contributed by atoms with Gasteiger partial charge in [-0.2, -0.15) is 0 Å². The van der Waals surface area contributed by atoms with Crippen molar-refractivity contribution in [2.45, 2.75) is 26.2 Å². The molecule has 0 saturated carbocycles. The third kappa shape index (κ3) is 7.63. The molecule has 0 aliphatic heterocycles. The van der Waals surface area contributed by atoms with Crippen molar-refractivity contribution in [1.82, 2.24) is 0 Å². The lowest BCUT2D eigenvalue weighted by Gasteiger charge is -2.08. The Balaban J connectivity index is 2.13. The van der Waals surface area contributed by atoms with E-state index in [1.54, 1.807) is 0 Å². The molecule has 0 aliphatic rings. The van der Waals surface area contributed by atoms with Gasteiger partial charge in [-0.25, -0.2) is 4.39 Å². The first-order valence-electron chi connectivity index (χ1n) is 7.14. The van der Waals surface area contributed by atoms with Crippen LogP contribution in [0.15, 0.2) is 18.2 Å². The number of hydrogen-bond acceptors (Lipinski definition) is 4. The maximum atomic E-state index is 13.4. The van der Waals surface area contributed by atoms with Crippen molar-refractivity contribution in [1.29, 1.82) is 0 Å². The van der Waals surface area contributed by atoms with Crippen LogP contribution < -0.4 is 11.1 Å². The molecule has 5 nitrogen and oxygen atoms in total. The predicted molar refractivity (Wildman–Crippen MR) is 80.6 cm³/mol. The van der Waals surface area contributed by atoms with Crippen molar-refractivity contribution in [2.24, 2.45) is 0 Å². The van der Waals surface area contributed by atoms with Gasteiger partial charge in [-0.1, -0.05) is 6.92 Å². The summed E-state index contributed by atoms with van der Waals surface area (Å²) in [6, 6.07) is 4.07. The number of rotatable bonds is 10. The molecule has 6 heteroatoms. The van der Waals surface area contributed by atoms with E-state index in [4.69, 9.17) is 15.2 Å². The lowest BCUT2D eigenvalue weighted by atomic mass is 10.2. The molecule has 1 rings (SSSR count). The van der Waals surface area contributed by atoms with Crippen LogP contribution in [-0.4, -0.2) is 32.3 Å². The Morgan fingerprint density at radius 2 is 1.95 bits per heavy atom. The maximum absolute atomic E-state index is 13.4. The summed E-state index contributed by atoms with van der Waals surface area (Å²) in [6.45, 7) is 4.34. The number of ether oxygens (including phenoxy) is 2. The first-order chi connectivity index (χ1) is 10.1. The summed E-state index contributed by atoms with van der Waals surface area (Å²) >= 11 is 0. The van der Waals surface area contributed by atoms with E-state index >= 15 is 0 Å². The normalized spacial score (nSPS) is 10.6. The van der Waals surface area contributed by atoms with Gasteiger partial charge in [0.15, 0.2) is 0 Å². The van der Waals surface area contributed by atoms with Gasteiger partial charge in [0.25, 0.3) is 0 Å². The minimum atomic E-state index is -0.498. The van der Waals surface area contributed by atoms with E-state index in [2.05, 4.69) is 5.32 Å². The summed E-state index contributed by atoms with van der Waals surface area (Å²) in [4.78, 5) is 11.7. The minimum absolute atomic E-state index is 0.105. The summed E-state index contributed by atoms with van der Waals surface area (Å²) in [7, 11) is 0. The number of nitrogen functional groups attached to an aromatic ring is 1. The van der Waals surface area contributed by atoms with Crippen molar-refractivity contribution in [3.05, 3.63) is 24.0 Å². The zero-order valence-electron chi connectivity index (χ0n) is 12.4. The third-order valence-electron chi connectivity index (χ3n) is 2.68. The number of carbonyl (C=O) groups excluding carboxylic acids is 1. The second-order valence-electron chi connectivity index (χ2n) is 4.62. The zero-order valence-corrected chi connectivity index (χ0v) is 12.4. The molecule has 0 radical (unpaired) electrons. The molecule has 1 aromatic carbocycles. The molecule has 21 heavy (non-hydrogen) atoms. The molecule has 118 valence electrons. The van der Waals surface area contributed by atoms with Gasteiger partial charge in [-0.3, -0.25) is 4.79 Å². The minimum Gasteiger partial charge on any atom is -0.399 e. The molecule has 3 N–H and O–H groups in total. The Morgan fingerprint density at radius 3 is 2.67 bits per heavy atom. The summed E-state index contributed by atoms with van der Waals surface area (Å²) < 4.78 is 24.0. The largest absolute Gasteiger partial charge is 0.399 e. The molecule has 0 fully saturated rings. The van der Waals surface area contributed by atoms with Crippen LogP contribution in [0.1, 0.15) is 26.2 Å². The Labute approximate surface area is 124 Å². The second-order valence-corrected chi connectivity index (χ2v) is 4.62. The highest BCUT2D eigenvalue weighted by Gasteiger charge is 2.07. The molecule has 0 bridgehead atoms. The summed E-state index contributed by atoms with van der Waals surface area (Å²) in [5.74, 6) is -0.757. The first-order valence-corrected chi connectivity index (χ1v) is 7.14. The van der Waals surface area contributed by atoms with Gasteiger partial charge >= 0.3 is 0 Å². The van der Waals surface area contributed by atoms with Crippen LogP contribution >= 0.6 is 0 Å². The van der Waals surface area contributed by atoms with E-state index in [0.717, 1.165) is 13.0 Å². The van der Waals surface area contributed by atoms with Gasteiger partial charge in [0.2, 0.25) is 5.91 Å². The fraction of sp³-hybridized carbons (Fsp3) is 0.533. The highest BCUT2D eigenvalue weighted by molar-refractivity contribution is 5.91. The van der Waals surface area contributed by atoms with Crippen LogP contribution in [-0.2, 0) is 14.3 Å². The molecule has 0 spiro atoms. The van der Waals surface area contributed by atoms with Crippen LogP contribution in [0.4, 0.5) is 15.8 Å². The van der Waals surface area contributed by atoms with Crippen LogP contribution in [0.3, 0.4) is 0 Å². The Kier molecular flexibility index (Phi) is 8.38. The molecule has 0 heterocycles. The van der Waals surface area contributed by atoms with Gasteiger partial charge in [0, 0.05) is 25.3 Å². The highest BCUT2D eigenvalue weighted by atomic mass is 19.1. The Hall–Kier alpha value is -1.66. The van der Waals surface area contributed by atoms with Gasteiger partial charge in [-0.15, -0.1) is 0 Å². The quantitative estimate of drug-likeness (QED) is 0.514.